The van der Waals surface area contributed by atoms with Gasteiger partial charge >= 0.3 is 6.03 Å². The monoisotopic (exact) mass is 505 g/mol. The predicted octanol–water partition coefficient (Wildman–Crippen LogP) is 10.2. The zero-order chi connectivity index (χ0) is 26.1. The van der Waals surface area contributed by atoms with Crippen LogP contribution in [0.2, 0.25) is 0 Å². The molecule has 204 valence electrons. The molecule has 4 nitrogen and oxygen atoms in total. The minimum absolute atomic E-state index is 0.112. The van der Waals surface area contributed by atoms with Gasteiger partial charge in [-0.3, -0.25) is 0 Å². The Bertz CT molecular complexity index is 1050. The molecule has 1 aromatic heterocycles. The average Bonchev–Trinajstić information content (AvgIpc) is 3.23. The molecule has 0 spiro atoms. The molecule has 3 aromatic rings. The van der Waals surface area contributed by atoms with Gasteiger partial charge in [-0.05, 0) is 37.6 Å². The number of rotatable bonds is 19. The molecule has 4 heteroatoms. The number of para-hydroxylation sites is 1. The van der Waals surface area contributed by atoms with Gasteiger partial charge in [0.15, 0.2) is 0 Å². The summed E-state index contributed by atoms with van der Waals surface area (Å²) in [5.74, 6) is 0. The predicted molar refractivity (Wildman–Crippen MR) is 162 cm³/mol. The number of carbonyl (C=O) groups excluding carboxylic acids is 1. The number of aryl methyl sites for hydroxylation is 1. The fraction of sp³-hybridized carbons (Fsp3) is 0.606. The minimum atomic E-state index is -0.112. The molecule has 0 aliphatic rings. The molecule has 0 radical (unpaired) electrons. The van der Waals surface area contributed by atoms with Gasteiger partial charge in [0.05, 0.1) is 0 Å². The third kappa shape index (κ3) is 9.72. The number of unbranched alkanes of at least 4 members (excludes halogenated alkanes) is 15. The zero-order valence-corrected chi connectivity index (χ0v) is 23.6. The molecule has 0 bridgehead atoms. The van der Waals surface area contributed by atoms with E-state index < -0.39 is 0 Å². The fourth-order valence-electron chi connectivity index (χ4n) is 5.52. The van der Waals surface area contributed by atoms with Crippen molar-refractivity contribution in [3.63, 3.8) is 0 Å². The second kappa shape index (κ2) is 17.1. The van der Waals surface area contributed by atoms with Crippen molar-refractivity contribution < 1.29 is 4.79 Å². The molecular weight excluding hydrogens is 454 g/mol. The van der Waals surface area contributed by atoms with Crippen molar-refractivity contribution in [2.75, 3.05) is 11.9 Å². The lowest BCUT2D eigenvalue weighted by molar-refractivity contribution is 0.252. The highest BCUT2D eigenvalue weighted by atomic mass is 16.2. The molecule has 2 amide bonds. The number of amides is 2. The molecular formula is C33H51N3O. The SMILES string of the molecule is CCCCCCCCCCCCCCCCCCNC(=O)Nc1ccc2c(c1)c1ccccc1n2CC. The van der Waals surface area contributed by atoms with Crippen LogP contribution in [0, 0.1) is 0 Å². The number of hydrogen-bond acceptors (Lipinski definition) is 1. The van der Waals surface area contributed by atoms with E-state index in [0.717, 1.165) is 25.2 Å². The number of carbonyl (C=O) groups is 1. The smallest absolute Gasteiger partial charge is 0.319 e. The number of fused-ring (bicyclic) bond motifs is 3. The summed E-state index contributed by atoms with van der Waals surface area (Å²) >= 11 is 0. The van der Waals surface area contributed by atoms with Crippen molar-refractivity contribution in [2.24, 2.45) is 0 Å². The van der Waals surface area contributed by atoms with E-state index >= 15 is 0 Å². The minimum Gasteiger partial charge on any atom is -0.341 e. The summed E-state index contributed by atoms with van der Waals surface area (Å²) in [6.07, 6.45) is 21.8. The van der Waals surface area contributed by atoms with Crippen LogP contribution in [0.25, 0.3) is 21.8 Å². The van der Waals surface area contributed by atoms with Crippen molar-refractivity contribution in [1.82, 2.24) is 9.88 Å². The van der Waals surface area contributed by atoms with Crippen LogP contribution in [-0.4, -0.2) is 17.1 Å². The average molecular weight is 506 g/mol. The summed E-state index contributed by atoms with van der Waals surface area (Å²) in [5.41, 5.74) is 3.30. The molecule has 2 N–H and O–H groups in total. The van der Waals surface area contributed by atoms with Crippen LogP contribution >= 0.6 is 0 Å². The van der Waals surface area contributed by atoms with Gasteiger partial charge < -0.3 is 15.2 Å². The quantitative estimate of drug-likeness (QED) is 0.156. The first-order chi connectivity index (χ1) is 18.2. The van der Waals surface area contributed by atoms with Crippen molar-refractivity contribution in [1.29, 1.82) is 0 Å². The molecule has 1 heterocycles. The Morgan fingerprint density at radius 3 is 1.78 bits per heavy atom. The van der Waals surface area contributed by atoms with E-state index in [-0.39, 0.29) is 6.03 Å². The van der Waals surface area contributed by atoms with E-state index in [1.807, 2.05) is 6.07 Å². The highest BCUT2D eigenvalue weighted by Gasteiger charge is 2.10. The molecule has 0 atom stereocenters. The van der Waals surface area contributed by atoms with Gasteiger partial charge in [-0.15, -0.1) is 0 Å². The molecule has 37 heavy (non-hydrogen) atoms. The summed E-state index contributed by atoms with van der Waals surface area (Å²) in [4.78, 5) is 12.4. The van der Waals surface area contributed by atoms with Gasteiger partial charge in [0.1, 0.15) is 0 Å². The zero-order valence-electron chi connectivity index (χ0n) is 23.6. The van der Waals surface area contributed by atoms with Gasteiger partial charge in [-0.2, -0.15) is 0 Å². The van der Waals surface area contributed by atoms with Crippen LogP contribution in [0.4, 0.5) is 10.5 Å². The Hall–Kier alpha value is -2.49. The summed E-state index contributed by atoms with van der Waals surface area (Å²) in [6, 6.07) is 14.6. The topological polar surface area (TPSA) is 46.1 Å². The van der Waals surface area contributed by atoms with Crippen molar-refractivity contribution in [3.8, 4) is 0 Å². The highest BCUT2D eigenvalue weighted by Crippen LogP contribution is 2.31. The van der Waals surface area contributed by atoms with Gasteiger partial charge in [0.2, 0.25) is 0 Å². The molecule has 0 aliphatic carbocycles. The van der Waals surface area contributed by atoms with Crippen LogP contribution in [0.5, 0.6) is 0 Å². The Morgan fingerprint density at radius 1 is 0.649 bits per heavy atom. The first-order valence-corrected chi connectivity index (χ1v) is 15.3. The molecule has 0 saturated carbocycles. The van der Waals surface area contributed by atoms with Crippen LogP contribution in [0.15, 0.2) is 42.5 Å². The van der Waals surface area contributed by atoms with Crippen molar-refractivity contribution in [3.05, 3.63) is 42.5 Å². The number of nitrogens with zero attached hydrogens (tertiary/aromatic N) is 1. The van der Waals surface area contributed by atoms with E-state index in [9.17, 15) is 4.79 Å². The second-order valence-electron chi connectivity index (χ2n) is 10.7. The van der Waals surface area contributed by atoms with Gasteiger partial charge in [0, 0.05) is 40.6 Å². The third-order valence-electron chi connectivity index (χ3n) is 7.66. The normalized spacial score (nSPS) is 11.4. The van der Waals surface area contributed by atoms with E-state index in [0.29, 0.717) is 0 Å². The number of aromatic nitrogens is 1. The van der Waals surface area contributed by atoms with E-state index in [1.54, 1.807) is 0 Å². The summed E-state index contributed by atoms with van der Waals surface area (Å²) < 4.78 is 2.33. The first kappa shape index (κ1) is 29.1. The van der Waals surface area contributed by atoms with Crippen LogP contribution in [-0.2, 0) is 6.54 Å². The van der Waals surface area contributed by atoms with E-state index in [2.05, 4.69) is 65.4 Å². The largest absolute Gasteiger partial charge is 0.341 e. The van der Waals surface area contributed by atoms with Gasteiger partial charge in [-0.1, -0.05) is 121 Å². The first-order valence-electron chi connectivity index (χ1n) is 15.3. The number of hydrogen-bond donors (Lipinski definition) is 2. The standard InChI is InChI=1S/C33H51N3O/c1-3-5-6-7-8-9-10-11-12-13-14-15-16-17-18-21-26-34-33(37)35-28-24-25-32-30(27-28)29-22-19-20-23-31(29)36(32)4-2/h19-20,22-25,27H,3-18,21,26H2,1-2H3,(H2,34,35,37). The van der Waals surface area contributed by atoms with Crippen molar-refractivity contribution >= 4 is 33.5 Å². The van der Waals surface area contributed by atoms with Crippen LogP contribution in [0.3, 0.4) is 0 Å². The van der Waals surface area contributed by atoms with Gasteiger partial charge in [0.25, 0.3) is 0 Å². The molecule has 3 rings (SSSR count). The molecule has 2 aromatic carbocycles. The van der Waals surface area contributed by atoms with Crippen LogP contribution < -0.4 is 10.6 Å². The molecule has 0 fully saturated rings. The Balaban J connectivity index is 1.20. The second-order valence-corrected chi connectivity index (χ2v) is 10.7. The maximum atomic E-state index is 12.4. The van der Waals surface area contributed by atoms with E-state index in [4.69, 9.17) is 0 Å². The Kier molecular flexibility index (Phi) is 13.4. The highest BCUT2D eigenvalue weighted by molar-refractivity contribution is 6.09. The maximum Gasteiger partial charge on any atom is 0.319 e. The number of anilines is 1. The number of benzene rings is 2. The maximum absolute atomic E-state index is 12.4. The van der Waals surface area contributed by atoms with Crippen LogP contribution in [0.1, 0.15) is 117 Å². The fourth-order valence-corrected chi connectivity index (χ4v) is 5.52. The number of urea groups is 1. The lowest BCUT2D eigenvalue weighted by Gasteiger charge is -2.09. The Labute approximate surface area is 225 Å². The summed E-state index contributed by atoms with van der Waals surface area (Å²) in [5, 5.41) is 8.47. The number of nitrogens with one attached hydrogen (secondary N) is 2. The molecule has 0 saturated heterocycles. The molecule has 0 unspecified atom stereocenters. The van der Waals surface area contributed by atoms with E-state index in [1.165, 1.54) is 118 Å². The third-order valence-corrected chi connectivity index (χ3v) is 7.66. The lowest BCUT2D eigenvalue weighted by atomic mass is 10.0. The lowest BCUT2D eigenvalue weighted by Crippen LogP contribution is -2.29. The molecule has 0 aliphatic heterocycles. The summed E-state index contributed by atoms with van der Waals surface area (Å²) in [7, 11) is 0. The summed E-state index contributed by atoms with van der Waals surface area (Å²) in [6.45, 7) is 6.12. The Morgan fingerprint density at radius 2 is 1.19 bits per heavy atom. The van der Waals surface area contributed by atoms with Crippen molar-refractivity contribution in [2.45, 2.75) is 123 Å². The van der Waals surface area contributed by atoms with Gasteiger partial charge in [-0.25, -0.2) is 4.79 Å².